The number of aromatic nitrogens is 3. The SMILES string of the molecule is CCC1(c2nc(-c3cscn3)no2)CCNCC1. The predicted molar refractivity (Wildman–Crippen MR) is 69.5 cm³/mol. The van der Waals surface area contributed by atoms with Crippen molar-refractivity contribution in [2.75, 3.05) is 13.1 Å². The molecule has 1 fully saturated rings. The van der Waals surface area contributed by atoms with Crippen LogP contribution >= 0.6 is 11.3 Å². The van der Waals surface area contributed by atoms with Crippen molar-refractivity contribution < 1.29 is 4.52 Å². The summed E-state index contributed by atoms with van der Waals surface area (Å²) in [5.41, 5.74) is 2.63. The minimum absolute atomic E-state index is 0.0481. The van der Waals surface area contributed by atoms with Crippen LogP contribution in [0.5, 0.6) is 0 Å². The lowest BCUT2D eigenvalue weighted by atomic mass is 9.76. The number of nitrogens with zero attached hydrogens (tertiary/aromatic N) is 3. The number of piperidine rings is 1. The Morgan fingerprint density at radius 2 is 2.28 bits per heavy atom. The summed E-state index contributed by atoms with van der Waals surface area (Å²) in [6, 6.07) is 0. The first-order valence-corrected chi connectivity index (χ1v) is 7.22. The lowest BCUT2D eigenvalue weighted by Crippen LogP contribution is -2.39. The van der Waals surface area contributed by atoms with Crippen LogP contribution in [0.1, 0.15) is 32.1 Å². The summed E-state index contributed by atoms with van der Waals surface area (Å²) in [5, 5.41) is 9.38. The van der Waals surface area contributed by atoms with E-state index < -0.39 is 0 Å². The van der Waals surface area contributed by atoms with E-state index in [4.69, 9.17) is 4.52 Å². The van der Waals surface area contributed by atoms with E-state index in [1.165, 1.54) is 0 Å². The first-order valence-electron chi connectivity index (χ1n) is 6.27. The third kappa shape index (κ3) is 1.95. The van der Waals surface area contributed by atoms with Gasteiger partial charge in [0.25, 0.3) is 0 Å². The molecule has 1 saturated heterocycles. The molecule has 1 aliphatic rings. The second-order valence-corrected chi connectivity index (χ2v) is 5.40. The Bertz CT molecular complexity index is 502. The molecule has 2 aromatic rings. The fraction of sp³-hybridized carbons (Fsp3) is 0.583. The number of nitrogens with one attached hydrogen (secondary N) is 1. The quantitative estimate of drug-likeness (QED) is 0.921. The highest BCUT2D eigenvalue weighted by Crippen LogP contribution is 2.36. The van der Waals surface area contributed by atoms with Crippen LogP contribution in [0, 0.1) is 0 Å². The highest BCUT2D eigenvalue weighted by molar-refractivity contribution is 7.07. The second kappa shape index (κ2) is 4.78. The van der Waals surface area contributed by atoms with E-state index in [2.05, 4.69) is 27.4 Å². The van der Waals surface area contributed by atoms with Crippen LogP contribution in [0.25, 0.3) is 11.5 Å². The minimum atomic E-state index is 0.0481. The summed E-state index contributed by atoms with van der Waals surface area (Å²) in [4.78, 5) is 8.77. The fourth-order valence-corrected chi connectivity index (χ4v) is 3.02. The largest absolute Gasteiger partial charge is 0.338 e. The molecule has 18 heavy (non-hydrogen) atoms. The van der Waals surface area contributed by atoms with Crippen molar-refractivity contribution in [3.05, 3.63) is 16.8 Å². The van der Waals surface area contributed by atoms with Gasteiger partial charge < -0.3 is 9.84 Å². The fourth-order valence-electron chi connectivity index (χ4n) is 2.49. The Morgan fingerprint density at radius 3 is 2.94 bits per heavy atom. The van der Waals surface area contributed by atoms with Gasteiger partial charge in [-0.05, 0) is 32.4 Å². The van der Waals surface area contributed by atoms with Crippen LogP contribution in [0.4, 0.5) is 0 Å². The average molecular weight is 264 g/mol. The van der Waals surface area contributed by atoms with E-state index in [1.807, 2.05) is 5.38 Å². The predicted octanol–water partition coefficient (Wildman–Crippen LogP) is 2.22. The molecule has 0 radical (unpaired) electrons. The van der Waals surface area contributed by atoms with E-state index in [0.717, 1.165) is 43.9 Å². The molecule has 0 saturated carbocycles. The summed E-state index contributed by atoms with van der Waals surface area (Å²) < 4.78 is 5.50. The van der Waals surface area contributed by atoms with Crippen molar-refractivity contribution in [3.8, 4) is 11.5 Å². The maximum absolute atomic E-state index is 5.50. The van der Waals surface area contributed by atoms with Gasteiger partial charge in [0.15, 0.2) is 0 Å². The van der Waals surface area contributed by atoms with Gasteiger partial charge in [0, 0.05) is 5.38 Å². The number of hydrogen-bond acceptors (Lipinski definition) is 6. The molecular formula is C12H16N4OS. The molecule has 96 valence electrons. The van der Waals surface area contributed by atoms with Crippen LogP contribution in [0.3, 0.4) is 0 Å². The summed E-state index contributed by atoms with van der Waals surface area (Å²) in [7, 11) is 0. The lowest BCUT2D eigenvalue weighted by Gasteiger charge is -2.33. The summed E-state index contributed by atoms with van der Waals surface area (Å²) in [6.07, 6.45) is 3.15. The second-order valence-electron chi connectivity index (χ2n) is 4.68. The molecule has 3 rings (SSSR count). The van der Waals surface area contributed by atoms with Crippen molar-refractivity contribution in [1.82, 2.24) is 20.4 Å². The zero-order valence-corrected chi connectivity index (χ0v) is 11.2. The number of thiazole rings is 1. The first-order chi connectivity index (χ1) is 8.84. The Balaban J connectivity index is 1.92. The lowest BCUT2D eigenvalue weighted by molar-refractivity contribution is 0.216. The maximum atomic E-state index is 5.50. The Hall–Kier alpha value is -1.27. The molecule has 1 aliphatic heterocycles. The Kier molecular flexibility index (Phi) is 3.13. The van der Waals surface area contributed by atoms with E-state index in [9.17, 15) is 0 Å². The molecule has 0 aromatic carbocycles. The molecule has 1 N–H and O–H groups in total. The van der Waals surface area contributed by atoms with Gasteiger partial charge in [0.1, 0.15) is 5.69 Å². The first kappa shape index (κ1) is 11.8. The number of rotatable bonds is 3. The topological polar surface area (TPSA) is 63.8 Å². The molecule has 2 aromatic heterocycles. The van der Waals surface area contributed by atoms with Gasteiger partial charge in [-0.15, -0.1) is 11.3 Å². The summed E-state index contributed by atoms with van der Waals surface area (Å²) in [5.74, 6) is 1.38. The maximum Gasteiger partial charge on any atom is 0.233 e. The van der Waals surface area contributed by atoms with Crippen molar-refractivity contribution in [2.24, 2.45) is 0 Å². The van der Waals surface area contributed by atoms with E-state index in [-0.39, 0.29) is 5.41 Å². The molecule has 0 amide bonds. The third-order valence-electron chi connectivity index (χ3n) is 3.78. The Morgan fingerprint density at radius 1 is 1.44 bits per heavy atom. The highest BCUT2D eigenvalue weighted by atomic mass is 32.1. The van der Waals surface area contributed by atoms with Crippen LogP contribution in [0.15, 0.2) is 15.4 Å². The van der Waals surface area contributed by atoms with Crippen LogP contribution in [0.2, 0.25) is 0 Å². The molecule has 0 unspecified atom stereocenters. The van der Waals surface area contributed by atoms with Gasteiger partial charge in [0.05, 0.1) is 10.9 Å². The molecule has 0 atom stereocenters. The van der Waals surface area contributed by atoms with Crippen molar-refractivity contribution in [2.45, 2.75) is 31.6 Å². The van der Waals surface area contributed by atoms with Gasteiger partial charge in [-0.1, -0.05) is 12.1 Å². The molecule has 0 spiro atoms. The van der Waals surface area contributed by atoms with Gasteiger partial charge in [-0.3, -0.25) is 0 Å². The van der Waals surface area contributed by atoms with Gasteiger partial charge in [-0.25, -0.2) is 4.98 Å². The van der Waals surface area contributed by atoms with Crippen LogP contribution < -0.4 is 5.32 Å². The van der Waals surface area contributed by atoms with Crippen LogP contribution in [-0.2, 0) is 5.41 Å². The Labute approximate surface area is 110 Å². The molecule has 6 heteroatoms. The summed E-state index contributed by atoms with van der Waals surface area (Å²) in [6.45, 7) is 4.22. The van der Waals surface area contributed by atoms with Crippen molar-refractivity contribution in [1.29, 1.82) is 0 Å². The smallest absolute Gasteiger partial charge is 0.233 e. The van der Waals surface area contributed by atoms with Crippen molar-refractivity contribution >= 4 is 11.3 Å². The zero-order chi connectivity index (χ0) is 12.4. The number of hydrogen-bond donors (Lipinski definition) is 1. The average Bonchev–Trinajstić information content (AvgIpc) is 3.10. The molecule has 0 bridgehead atoms. The molecular weight excluding hydrogens is 248 g/mol. The molecule has 5 nitrogen and oxygen atoms in total. The summed E-state index contributed by atoms with van der Waals surface area (Å²) >= 11 is 1.54. The zero-order valence-electron chi connectivity index (χ0n) is 10.3. The van der Waals surface area contributed by atoms with E-state index >= 15 is 0 Å². The molecule has 0 aliphatic carbocycles. The van der Waals surface area contributed by atoms with E-state index in [1.54, 1.807) is 16.8 Å². The minimum Gasteiger partial charge on any atom is -0.338 e. The van der Waals surface area contributed by atoms with Gasteiger partial charge in [-0.2, -0.15) is 4.98 Å². The molecule has 3 heterocycles. The third-order valence-corrected chi connectivity index (χ3v) is 4.37. The van der Waals surface area contributed by atoms with Crippen LogP contribution in [-0.4, -0.2) is 28.2 Å². The van der Waals surface area contributed by atoms with Crippen molar-refractivity contribution in [3.63, 3.8) is 0 Å². The van der Waals surface area contributed by atoms with Gasteiger partial charge >= 0.3 is 0 Å². The monoisotopic (exact) mass is 264 g/mol. The highest BCUT2D eigenvalue weighted by Gasteiger charge is 2.37. The standard InChI is InChI=1S/C12H16N4OS/c1-2-12(3-5-13-6-4-12)11-15-10(16-17-11)9-7-18-8-14-9/h7-8,13H,2-6H2,1H3. The van der Waals surface area contributed by atoms with E-state index in [0.29, 0.717) is 5.82 Å². The van der Waals surface area contributed by atoms with Gasteiger partial charge in [0.2, 0.25) is 11.7 Å². The normalized spacial score (nSPS) is 18.9.